The minimum atomic E-state index is -4.57. The number of nitrogens with zero attached hydrogens (tertiary/aromatic N) is 2. The summed E-state index contributed by atoms with van der Waals surface area (Å²) >= 11 is 5.72. The summed E-state index contributed by atoms with van der Waals surface area (Å²) in [6.45, 7) is 0.632. The van der Waals surface area contributed by atoms with Crippen LogP contribution in [0, 0.1) is 0 Å². The molecule has 0 saturated carbocycles. The van der Waals surface area contributed by atoms with Crippen LogP contribution in [0.1, 0.15) is 21.5 Å². The van der Waals surface area contributed by atoms with Crippen LogP contribution >= 0.6 is 11.6 Å². The van der Waals surface area contributed by atoms with Gasteiger partial charge in [-0.2, -0.15) is 18.3 Å². The predicted molar refractivity (Wildman–Crippen MR) is 98.2 cm³/mol. The second-order valence-electron chi connectivity index (χ2n) is 6.31. The van der Waals surface area contributed by atoms with Crippen molar-refractivity contribution in [3.8, 4) is 16.9 Å². The summed E-state index contributed by atoms with van der Waals surface area (Å²) < 4.78 is 41.2. The number of aromatic carboxylic acids is 1. The zero-order chi connectivity index (χ0) is 20.1. The fourth-order valence-electron chi connectivity index (χ4n) is 3.23. The van der Waals surface area contributed by atoms with E-state index in [0.29, 0.717) is 35.7 Å². The number of aromatic nitrogens is 2. The highest BCUT2D eigenvalue weighted by Crippen LogP contribution is 2.40. The lowest BCUT2D eigenvalue weighted by atomic mass is 10.0. The van der Waals surface area contributed by atoms with Gasteiger partial charge in [-0.05, 0) is 42.8 Å². The molecule has 1 aromatic heterocycles. The van der Waals surface area contributed by atoms with Gasteiger partial charge in [-0.15, -0.1) is 0 Å². The number of alkyl halides is 3. The fourth-order valence-corrected chi connectivity index (χ4v) is 3.45. The van der Waals surface area contributed by atoms with Gasteiger partial charge in [-0.3, -0.25) is 0 Å². The van der Waals surface area contributed by atoms with Crippen LogP contribution in [0.2, 0.25) is 5.02 Å². The van der Waals surface area contributed by atoms with Gasteiger partial charge in [0.25, 0.3) is 0 Å². The summed E-state index contributed by atoms with van der Waals surface area (Å²) in [7, 11) is 0. The van der Waals surface area contributed by atoms with E-state index in [2.05, 4.69) is 10.4 Å². The van der Waals surface area contributed by atoms with Gasteiger partial charge in [0.1, 0.15) is 5.82 Å². The van der Waals surface area contributed by atoms with Crippen molar-refractivity contribution in [2.75, 3.05) is 11.9 Å². The molecule has 2 aromatic carbocycles. The third kappa shape index (κ3) is 3.09. The Balaban J connectivity index is 1.83. The number of rotatable bonds is 3. The number of hydrogen-bond acceptors (Lipinski definition) is 3. The molecule has 0 radical (unpaired) electrons. The molecule has 0 bridgehead atoms. The lowest BCUT2D eigenvalue weighted by Crippen LogP contribution is -2.07. The summed E-state index contributed by atoms with van der Waals surface area (Å²) in [5.41, 5.74) is 1.38. The molecule has 3 aromatic rings. The Labute approximate surface area is 162 Å². The standard InChI is InChI=1S/C19H13ClF3N3O2/c20-15-6-3-11(9-14(15)19(21,22)23)16-13-7-8-24-17(13)26(25-16)12-4-1-10(2-5-12)18(27)28/h1-6,9,24H,7-8H2,(H,27,28). The molecule has 0 atom stereocenters. The van der Waals surface area contributed by atoms with Crippen molar-refractivity contribution < 1.29 is 23.1 Å². The molecule has 9 heteroatoms. The highest BCUT2D eigenvalue weighted by atomic mass is 35.5. The van der Waals surface area contributed by atoms with Crippen molar-refractivity contribution in [2.24, 2.45) is 0 Å². The first kappa shape index (κ1) is 18.4. The molecule has 144 valence electrons. The van der Waals surface area contributed by atoms with Gasteiger partial charge in [0.2, 0.25) is 0 Å². The van der Waals surface area contributed by atoms with E-state index in [-0.39, 0.29) is 10.6 Å². The number of halogens is 4. The predicted octanol–water partition coefficient (Wildman–Crippen LogP) is 4.88. The van der Waals surface area contributed by atoms with E-state index in [9.17, 15) is 18.0 Å². The molecule has 1 aliphatic heterocycles. The van der Waals surface area contributed by atoms with Crippen molar-refractivity contribution >= 4 is 23.4 Å². The summed E-state index contributed by atoms with van der Waals surface area (Å²) in [6, 6.07) is 9.83. The maximum Gasteiger partial charge on any atom is 0.417 e. The Morgan fingerprint density at radius 3 is 2.54 bits per heavy atom. The van der Waals surface area contributed by atoms with Crippen LogP contribution in [0.25, 0.3) is 16.9 Å². The minimum Gasteiger partial charge on any atom is -0.478 e. The SMILES string of the molecule is O=C(O)c1ccc(-n2nc(-c3ccc(Cl)c(C(F)(F)F)c3)c3c2NCC3)cc1. The summed E-state index contributed by atoms with van der Waals surface area (Å²) in [5.74, 6) is -0.363. The van der Waals surface area contributed by atoms with E-state index in [1.165, 1.54) is 24.3 Å². The molecule has 0 saturated heterocycles. The van der Waals surface area contributed by atoms with Crippen molar-refractivity contribution in [1.29, 1.82) is 0 Å². The van der Waals surface area contributed by atoms with Crippen LogP contribution in [0.5, 0.6) is 0 Å². The Morgan fingerprint density at radius 1 is 1.18 bits per heavy atom. The zero-order valence-electron chi connectivity index (χ0n) is 14.2. The third-order valence-corrected chi connectivity index (χ3v) is 4.88. The molecule has 2 heterocycles. The lowest BCUT2D eigenvalue weighted by Gasteiger charge is -2.10. The van der Waals surface area contributed by atoms with Crippen LogP contribution < -0.4 is 5.32 Å². The maximum absolute atomic E-state index is 13.2. The smallest absolute Gasteiger partial charge is 0.417 e. The average molecular weight is 408 g/mol. The molecule has 0 unspecified atom stereocenters. The van der Waals surface area contributed by atoms with Gasteiger partial charge in [-0.1, -0.05) is 17.7 Å². The van der Waals surface area contributed by atoms with Gasteiger partial charge < -0.3 is 10.4 Å². The first-order chi connectivity index (χ1) is 13.3. The molecule has 1 aliphatic rings. The first-order valence-electron chi connectivity index (χ1n) is 8.32. The van der Waals surface area contributed by atoms with Crippen molar-refractivity contribution in [3.63, 3.8) is 0 Å². The van der Waals surface area contributed by atoms with Gasteiger partial charge in [0.15, 0.2) is 0 Å². The monoisotopic (exact) mass is 407 g/mol. The number of benzene rings is 2. The summed E-state index contributed by atoms with van der Waals surface area (Å²) in [5, 5.41) is 16.3. The lowest BCUT2D eigenvalue weighted by molar-refractivity contribution is -0.137. The Bertz CT molecular complexity index is 1080. The fraction of sp³-hybridized carbons (Fsp3) is 0.158. The van der Waals surface area contributed by atoms with Crippen molar-refractivity contribution in [3.05, 3.63) is 64.2 Å². The normalized spacial score (nSPS) is 13.3. The second-order valence-corrected chi connectivity index (χ2v) is 6.72. The third-order valence-electron chi connectivity index (χ3n) is 4.55. The van der Waals surface area contributed by atoms with Crippen LogP contribution in [0.15, 0.2) is 42.5 Å². The van der Waals surface area contributed by atoms with Gasteiger partial charge >= 0.3 is 12.1 Å². The Kier molecular flexibility index (Phi) is 4.30. The van der Waals surface area contributed by atoms with Gasteiger partial charge in [0, 0.05) is 17.7 Å². The van der Waals surface area contributed by atoms with Crippen LogP contribution in [0.4, 0.5) is 19.0 Å². The minimum absolute atomic E-state index is 0.133. The van der Waals surface area contributed by atoms with Crippen molar-refractivity contribution in [1.82, 2.24) is 9.78 Å². The number of fused-ring (bicyclic) bond motifs is 1. The van der Waals surface area contributed by atoms with Crippen LogP contribution in [-0.4, -0.2) is 27.4 Å². The highest BCUT2D eigenvalue weighted by molar-refractivity contribution is 6.31. The van der Waals surface area contributed by atoms with Crippen LogP contribution in [0.3, 0.4) is 0 Å². The molecule has 0 fully saturated rings. The van der Waals surface area contributed by atoms with E-state index in [1.54, 1.807) is 16.8 Å². The Hall–Kier alpha value is -3.00. The number of hydrogen-bond donors (Lipinski definition) is 2. The average Bonchev–Trinajstić information content (AvgIpc) is 3.24. The first-order valence-corrected chi connectivity index (χ1v) is 8.70. The molecule has 4 rings (SSSR count). The second kappa shape index (κ2) is 6.56. The van der Waals surface area contributed by atoms with E-state index in [1.807, 2.05) is 0 Å². The molecule has 28 heavy (non-hydrogen) atoms. The Morgan fingerprint density at radius 2 is 1.89 bits per heavy atom. The number of nitrogens with one attached hydrogen (secondary N) is 1. The van der Waals surface area contributed by atoms with Crippen LogP contribution in [-0.2, 0) is 12.6 Å². The highest BCUT2D eigenvalue weighted by Gasteiger charge is 2.34. The molecular formula is C19H13ClF3N3O2. The maximum atomic E-state index is 13.2. The molecule has 0 aliphatic carbocycles. The molecule has 0 amide bonds. The van der Waals surface area contributed by atoms with E-state index in [4.69, 9.17) is 16.7 Å². The van der Waals surface area contributed by atoms with E-state index in [0.717, 1.165) is 11.6 Å². The topological polar surface area (TPSA) is 67.1 Å². The number of carboxylic acids is 1. The zero-order valence-corrected chi connectivity index (χ0v) is 15.0. The largest absolute Gasteiger partial charge is 0.478 e. The molecule has 0 spiro atoms. The summed E-state index contributed by atoms with van der Waals surface area (Å²) in [4.78, 5) is 11.0. The van der Waals surface area contributed by atoms with Crippen molar-refractivity contribution in [2.45, 2.75) is 12.6 Å². The van der Waals surface area contributed by atoms with Gasteiger partial charge in [0.05, 0.1) is 27.5 Å². The summed E-state index contributed by atoms with van der Waals surface area (Å²) in [6.07, 6.45) is -3.95. The number of anilines is 1. The van der Waals surface area contributed by atoms with Gasteiger partial charge in [-0.25, -0.2) is 9.48 Å². The molecular weight excluding hydrogens is 395 g/mol. The van der Waals surface area contributed by atoms with E-state index < -0.39 is 17.7 Å². The van der Waals surface area contributed by atoms with E-state index >= 15 is 0 Å². The quantitative estimate of drug-likeness (QED) is 0.649. The number of carbonyl (C=O) groups is 1. The molecule has 2 N–H and O–H groups in total. The molecule has 5 nitrogen and oxygen atoms in total. The number of carboxylic acid groups (broad SMARTS) is 1.